The van der Waals surface area contributed by atoms with E-state index in [-0.39, 0.29) is 18.8 Å². The molecule has 7 N–H and O–H groups in total. The maximum atomic E-state index is 12.1. The zero-order chi connectivity index (χ0) is 22.3. The van der Waals surface area contributed by atoms with Crippen molar-refractivity contribution in [3.63, 3.8) is 0 Å². The highest BCUT2D eigenvalue weighted by molar-refractivity contribution is 5.90. The lowest BCUT2D eigenvalue weighted by Gasteiger charge is -2.15. The molecule has 10 nitrogen and oxygen atoms in total. The lowest BCUT2D eigenvalue weighted by atomic mass is 10.1. The molecule has 1 heterocycles. The van der Waals surface area contributed by atoms with Crippen LogP contribution in [-0.2, 0) is 32.0 Å². The Balaban J connectivity index is 1.84. The van der Waals surface area contributed by atoms with E-state index in [0.717, 1.165) is 0 Å². The van der Waals surface area contributed by atoms with Crippen LogP contribution in [0.2, 0.25) is 0 Å². The normalized spacial score (nSPS) is 14.1. The average Bonchev–Trinajstić information content (AvgIpc) is 3.21. The molecule has 0 spiro atoms. The van der Waals surface area contributed by atoms with E-state index in [4.69, 9.17) is 26.7 Å². The fourth-order valence-electron chi connectivity index (χ4n) is 2.45. The molecule has 0 aliphatic rings. The summed E-state index contributed by atoms with van der Waals surface area (Å²) >= 11 is 0. The van der Waals surface area contributed by atoms with Crippen LogP contribution in [0.25, 0.3) is 0 Å². The number of nitrogens with two attached hydrogens (primary N) is 3. The smallest absolute Gasteiger partial charge is 0.330 e. The first-order valence-electron chi connectivity index (χ1n) is 9.47. The van der Waals surface area contributed by atoms with Crippen molar-refractivity contribution in [1.82, 2.24) is 9.97 Å². The second-order valence-corrected chi connectivity index (χ2v) is 7.27. The number of imidazole rings is 1. The summed E-state index contributed by atoms with van der Waals surface area (Å²) in [5.41, 5.74) is 18.7. The van der Waals surface area contributed by atoms with E-state index < -0.39 is 36.0 Å². The van der Waals surface area contributed by atoms with Crippen molar-refractivity contribution >= 4 is 17.9 Å². The Kier molecular flexibility index (Phi) is 8.22. The van der Waals surface area contributed by atoms with Crippen molar-refractivity contribution < 1.29 is 23.9 Å². The number of carbonyl (C=O) groups is 3. The van der Waals surface area contributed by atoms with E-state index in [9.17, 15) is 14.4 Å². The molecule has 10 heteroatoms. The molecule has 0 fully saturated rings. The highest BCUT2D eigenvalue weighted by atomic mass is 16.6. The zero-order valence-corrected chi connectivity index (χ0v) is 16.9. The second-order valence-electron chi connectivity index (χ2n) is 7.27. The lowest BCUT2D eigenvalue weighted by Crippen LogP contribution is -2.41. The second kappa shape index (κ2) is 10.6. The number of H-pyrrole nitrogens is 1. The van der Waals surface area contributed by atoms with Gasteiger partial charge in [-0.15, -0.1) is 0 Å². The fourth-order valence-corrected chi connectivity index (χ4v) is 2.45. The van der Waals surface area contributed by atoms with Gasteiger partial charge in [0.2, 0.25) is 0 Å². The topological polar surface area (TPSA) is 176 Å². The number of nitrogens with zero attached hydrogens (tertiary/aromatic N) is 1. The van der Waals surface area contributed by atoms with Gasteiger partial charge in [-0.1, -0.05) is 26.0 Å². The van der Waals surface area contributed by atoms with Gasteiger partial charge in [-0.05, 0) is 30.0 Å². The molecule has 1 aromatic heterocycles. The predicted molar refractivity (Wildman–Crippen MR) is 108 cm³/mol. The first kappa shape index (κ1) is 23.2. The van der Waals surface area contributed by atoms with Crippen molar-refractivity contribution in [2.24, 2.45) is 23.1 Å². The number of rotatable bonds is 9. The van der Waals surface area contributed by atoms with Crippen LogP contribution in [0.15, 0.2) is 36.8 Å². The van der Waals surface area contributed by atoms with Crippen LogP contribution in [0.3, 0.4) is 0 Å². The number of aromatic amines is 1. The standard InChI is InChI=1S/C20H27N5O5/c1-11(2)17(23)20(28)29-14-5-3-12(4-6-14)7-15(21)18(26)30-19(27)16(22)8-13-9-24-10-25-13/h3-6,9-11,15-17H,7-8,21-23H2,1-2H3,(H,24,25)/t15-,16-,17-/m0/s1. The van der Waals surface area contributed by atoms with Crippen molar-refractivity contribution in [3.8, 4) is 5.75 Å². The fraction of sp³-hybridized carbons (Fsp3) is 0.400. The van der Waals surface area contributed by atoms with Crippen molar-refractivity contribution in [2.75, 3.05) is 0 Å². The van der Waals surface area contributed by atoms with Crippen LogP contribution in [0.4, 0.5) is 0 Å². The third-order valence-corrected chi connectivity index (χ3v) is 4.39. The summed E-state index contributed by atoms with van der Waals surface area (Å²) in [7, 11) is 0. The van der Waals surface area contributed by atoms with Gasteiger partial charge in [-0.3, -0.25) is 0 Å². The summed E-state index contributed by atoms with van der Waals surface area (Å²) in [4.78, 5) is 42.6. The molecule has 0 radical (unpaired) electrons. The van der Waals surface area contributed by atoms with E-state index in [2.05, 4.69) is 9.97 Å². The summed E-state index contributed by atoms with van der Waals surface area (Å²) < 4.78 is 9.99. The number of hydrogen-bond acceptors (Lipinski definition) is 9. The van der Waals surface area contributed by atoms with Crippen molar-refractivity contribution in [1.29, 1.82) is 0 Å². The van der Waals surface area contributed by atoms with E-state index in [1.807, 2.05) is 13.8 Å². The van der Waals surface area contributed by atoms with E-state index >= 15 is 0 Å². The molecule has 0 aliphatic carbocycles. The highest BCUT2D eigenvalue weighted by Crippen LogP contribution is 2.15. The van der Waals surface area contributed by atoms with Gasteiger partial charge >= 0.3 is 17.9 Å². The number of esters is 3. The minimum Gasteiger partial charge on any atom is -0.425 e. The Bertz CT molecular complexity index is 851. The van der Waals surface area contributed by atoms with E-state index in [1.165, 1.54) is 12.5 Å². The molecule has 2 rings (SSSR count). The molecule has 0 unspecified atom stereocenters. The van der Waals surface area contributed by atoms with Gasteiger partial charge in [-0.25, -0.2) is 19.4 Å². The summed E-state index contributed by atoms with van der Waals surface area (Å²) in [5, 5.41) is 0. The number of nitrogens with one attached hydrogen (secondary N) is 1. The van der Waals surface area contributed by atoms with Crippen LogP contribution < -0.4 is 21.9 Å². The Hall–Kier alpha value is -3.08. The van der Waals surface area contributed by atoms with Gasteiger partial charge in [0.25, 0.3) is 0 Å². The van der Waals surface area contributed by atoms with Gasteiger partial charge in [0.15, 0.2) is 0 Å². The predicted octanol–water partition coefficient (Wildman–Crippen LogP) is -0.192. The molecule has 1 aromatic carbocycles. The highest BCUT2D eigenvalue weighted by Gasteiger charge is 2.24. The summed E-state index contributed by atoms with van der Waals surface area (Å²) in [6.07, 6.45) is 3.27. The van der Waals surface area contributed by atoms with Gasteiger partial charge in [0.1, 0.15) is 23.9 Å². The first-order chi connectivity index (χ1) is 14.2. The van der Waals surface area contributed by atoms with Crippen LogP contribution in [0, 0.1) is 5.92 Å². The molecule has 2 aromatic rings. The van der Waals surface area contributed by atoms with Gasteiger partial charge in [-0.2, -0.15) is 0 Å². The third kappa shape index (κ3) is 6.76. The molecule has 162 valence electrons. The Labute approximate surface area is 174 Å². The molecule has 0 amide bonds. The van der Waals surface area contributed by atoms with E-state index in [1.54, 1.807) is 24.3 Å². The SMILES string of the molecule is CC(C)[C@H](N)C(=O)Oc1ccc(C[C@H](N)C(=O)OC(=O)[C@@H](N)Cc2cnc[nH]2)cc1. The minimum atomic E-state index is -1.06. The number of aromatic nitrogens is 2. The Morgan fingerprint density at radius 1 is 0.967 bits per heavy atom. The zero-order valence-electron chi connectivity index (χ0n) is 16.9. The molecule has 0 saturated heterocycles. The van der Waals surface area contributed by atoms with Gasteiger partial charge in [0, 0.05) is 18.3 Å². The molecule has 0 saturated carbocycles. The first-order valence-corrected chi connectivity index (χ1v) is 9.47. The molecule has 3 atom stereocenters. The third-order valence-electron chi connectivity index (χ3n) is 4.39. The number of carbonyl (C=O) groups excluding carboxylic acids is 3. The minimum absolute atomic E-state index is 0.0453. The molecule has 30 heavy (non-hydrogen) atoms. The largest absolute Gasteiger partial charge is 0.425 e. The summed E-state index contributed by atoms with van der Waals surface area (Å²) in [5.74, 6) is -1.98. The van der Waals surface area contributed by atoms with Crippen molar-refractivity contribution in [3.05, 3.63) is 48.0 Å². The number of hydrogen-bond donors (Lipinski definition) is 4. The average molecular weight is 417 g/mol. The van der Waals surface area contributed by atoms with Crippen LogP contribution in [-0.4, -0.2) is 46.0 Å². The van der Waals surface area contributed by atoms with Crippen LogP contribution in [0.5, 0.6) is 5.75 Å². The van der Waals surface area contributed by atoms with Crippen molar-refractivity contribution in [2.45, 2.75) is 44.8 Å². The van der Waals surface area contributed by atoms with Gasteiger partial charge < -0.3 is 31.7 Å². The monoisotopic (exact) mass is 417 g/mol. The van der Waals surface area contributed by atoms with E-state index in [0.29, 0.717) is 17.0 Å². The summed E-state index contributed by atoms with van der Waals surface area (Å²) in [6, 6.07) is 3.66. The maximum absolute atomic E-state index is 12.1. The molecular formula is C20H27N5O5. The quantitative estimate of drug-likeness (QED) is 0.244. The number of ether oxygens (including phenoxy) is 2. The lowest BCUT2D eigenvalue weighted by molar-refractivity contribution is -0.161. The molecule has 0 aliphatic heterocycles. The summed E-state index contributed by atoms with van der Waals surface area (Å²) in [6.45, 7) is 3.65. The van der Waals surface area contributed by atoms with Crippen LogP contribution in [0.1, 0.15) is 25.1 Å². The molecule has 0 bridgehead atoms. The molecular weight excluding hydrogens is 390 g/mol. The van der Waals surface area contributed by atoms with Crippen LogP contribution >= 0.6 is 0 Å². The Morgan fingerprint density at radius 2 is 1.57 bits per heavy atom. The Morgan fingerprint density at radius 3 is 2.10 bits per heavy atom. The number of benzene rings is 1. The maximum Gasteiger partial charge on any atom is 0.330 e. The van der Waals surface area contributed by atoms with Gasteiger partial charge in [0.05, 0.1) is 6.33 Å².